The molecule has 5 N–H and O–H groups in total. The fourth-order valence-corrected chi connectivity index (χ4v) is 3.67. The Morgan fingerprint density at radius 2 is 2.00 bits per heavy atom. The van der Waals surface area contributed by atoms with Crippen LogP contribution in [0.1, 0.15) is 29.5 Å². The molecule has 0 bridgehead atoms. The van der Waals surface area contributed by atoms with Crippen molar-refractivity contribution in [3.8, 4) is 11.5 Å². The van der Waals surface area contributed by atoms with Crippen molar-refractivity contribution in [3.63, 3.8) is 0 Å². The van der Waals surface area contributed by atoms with E-state index in [1.807, 2.05) is 6.07 Å². The highest BCUT2D eigenvalue weighted by Crippen LogP contribution is 2.46. The number of hydrogen-bond acceptors (Lipinski definition) is 8. The highest BCUT2D eigenvalue weighted by molar-refractivity contribution is 9.10. The Bertz CT molecular complexity index is 1080. The van der Waals surface area contributed by atoms with E-state index in [0.29, 0.717) is 24.4 Å². The van der Waals surface area contributed by atoms with Crippen LogP contribution in [-0.2, 0) is 16.5 Å². The van der Waals surface area contributed by atoms with Gasteiger partial charge in [-0.25, -0.2) is 4.98 Å². The Labute approximate surface area is 183 Å². The van der Waals surface area contributed by atoms with Crippen LogP contribution in [0.2, 0.25) is 0 Å². The number of nitrogen functional groups attached to an aromatic ring is 2. The minimum Gasteiger partial charge on any atom is -0.495 e. The van der Waals surface area contributed by atoms with Crippen molar-refractivity contribution in [3.05, 3.63) is 39.5 Å². The van der Waals surface area contributed by atoms with Gasteiger partial charge in [-0.1, -0.05) is 6.08 Å². The van der Waals surface area contributed by atoms with Gasteiger partial charge in [0.25, 0.3) is 10.1 Å². The van der Waals surface area contributed by atoms with Crippen molar-refractivity contribution in [1.29, 1.82) is 0 Å². The van der Waals surface area contributed by atoms with Gasteiger partial charge in [0, 0.05) is 23.7 Å². The quantitative estimate of drug-likeness (QED) is 0.540. The first-order valence-corrected chi connectivity index (χ1v) is 11.7. The molecule has 1 aromatic carbocycles. The summed E-state index contributed by atoms with van der Waals surface area (Å²) in [5, 5.41) is 0. The molecule has 2 aliphatic rings. The van der Waals surface area contributed by atoms with Gasteiger partial charge >= 0.3 is 0 Å². The van der Waals surface area contributed by atoms with Crippen LogP contribution >= 0.6 is 15.9 Å². The van der Waals surface area contributed by atoms with Crippen LogP contribution in [0.25, 0.3) is 6.08 Å². The van der Waals surface area contributed by atoms with Crippen molar-refractivity contribution in [2.45, 2.75) is 25.4 Å². The van der Waals surface area contributed by atoms with Gasteiger partial charge in [0.1, 0.15) is 27.9 Å². The molecule has 1 atom stereocenters. The molecule has 0 saturated heterocycles. The number of nitrogens with two attached hydrogens (primary N) is 2. The van der Waals surface area contributed by atoms with E-state index in [1.165, 1.54) is 12.8 Å². The van der Waals surface area contributed by atoms with Crippen LogP contribution < -0.4 is 20.9 Å². The first kappa shape index (κ1) is 22.3. The molecule has 0 spiro atoms. The van der Waals surface area contributed by atoms with Crippen LogP contribution in [0, 0.1) is 5.92 Å². The number of benzene rings is 1. The summed E-state index contributed by atoms with van der Waals surface area (Å²) in [5.74, 6) is 2.73. The van der Waals surface area contributed by atoms with E-state index in [-0.39, 0.29) is 12.1 Å². The van der Waals surface area contributed by atoms with Crippen molar-refractivity contribution in [2.75, 3.05) is 24.8 Å². The molecule has 0 amide bonds. The van der Waals surface area contributed by atoms with E-state index >= 15 is 0 Å². The SMILES string of the molecule is COc1cc(Cc2cnc(N)nc2N)c2c(c1Br)OC(C1CC1)C=C2.CS(=O)(=O)O. The third-order valence-electron chi connectivity index (χ3n) is 4.62. The molecule has 4 rings (SSSR count). The van der Waals surface area contributed by atoms with Crippen LogP contribution in [0.5, 0.6) is 11.5 Å². The molecule has 2 aromatic rings. The lowest BCUT2D eigenvalue weighted by Crippen LogP contribution is -2.20. The minimum atomic E-state index is -3.67. The van der Waals surface area contributed by atoms with Gasteiger partial charge in [0.2, 0.25) is 5.95 Å². The summed E-state index contributed by atoms with van der Waals surface area (Å²) in [4.78, 5) is 8.09. The van der Waals surface area contributed by atoms with Gasteiger partial charge in [0.05, 0.1) is 13.4 Å². The number of ether oxygens (including phenoxy) is 2. The molecule has 162 valence electrons. The maximum Gasteiger partial charge on any atom is 0.261 e. The predicted molar refractivity (Wildman–Crippen MR) is 118 cm³/mol. The van der Waals surface area contributed by atoms with Gasteiger partial charge in [-0.3, -0.25) is 4.55 Å². The van der Waals surface area contributed by atoms with Crippen molar-refractivity contribution in [2.24, 2.45) is 5.92 Å². The Hall–Kier alpha value is -2.37. The van der Waals surface area contributed by atoms with E-state index in [9.17, 15) is 8.42 Å². The predicted octanol–water partition coefficient (Wildman–Crippen LogP) is 2.69. The summed E-state index contributed by atoms with van der Waals surface area (Å²) < 4.78 is 38.5. The summed E-state index contributed by atoms with van der Waals surface area (Å²) in [6, 6.07) is 1.99. The topological polar surface area (TPSA) is 151 Å². The number of aromatic nitrogens is 2. The number of hydrogen-bond donors (Lipinski definition) is 3. The van der Waals surface area contributed by atoms with E-state index in [4.69, 9.17) is 25.5 Å². The molecule has 1 aromatic heterocycles. The Morgan fingerprint density at radius 1 is 1.33 bits per heavy atom. The van der Waals surface area contributed by atoms with Crippen LogP contribution in [0.15, 0.2) is 22.8 Å². The highest BCUT2D eigenvalue weighted by Gasteiger charge is 2.34. The van der Waals surface area contributed by atoms with Gasteiger partial charge in [-0.2, -0.15) is 13.4 Å². The van der Waals surface area contributed by atoms with Crippen LogP contribution in [0.4, 0.5) is 11.8 Å². The third kappa shape index (κ3) is 5.61. The summed E-state index contributed by atoms with van der Waals surface area (Å²) in [7, 11) is -2.02. The number of methoxy groups -OCH3 is 1. The van der Waals surface area contributed by atoms with Gasteiger partial charge in [0.15, 0.2) is 0 Å². The zero-order valence-corrected chi connectivity index (χ0v) is 18.9. The number of fused-ring (bicyclic) bond motifs is 1. The molecule has 1 unspecified atom stereocenters. The molecular formula is C19H23BrN4O5S. The zero-order chi connectivity index (χ0) is 22.1. The Morgan fingerprint density at radius 3 is 2.57 bits per heavy atom. The fourth-order valence-electron chi connectivity index (χ4n) is 3.09. The molecule has 1 aliphatic heterocycles. The molecule has 30 heavy (non-hydrogen) atoms. The minimum absolute atomic E-state index is 0.133. The lowest BCUT2D eigenvalue weighted by atomic mass is 9.96. The molecule has 11 heteroatoms. The average molecular weight is 499 g/mol. The standard InChI is InChI=1S/C18H19BrN4O2.CH4O3S/c1-24-14-7-10(6-11-8-22-18(21)23-17(11)20)12-4-5-13(9-2-3-9)25-16(12)15(14)19;1-5(2,3)4/h4-5,7-9,13H,2-3,6H2,1H3,(H4,20,21,22,23);1H3,(H,2,3,4). The van der Waals surface area contributed by atoms with Crippen molar-refractivity contribution < 1.29 is 22.4 Å². The maximum absolute atomic E-state index is 9.19. The smallest absolute Gasteiger partial charge is 0.261 e. The van der Waals surface area contributed by atoms with Crippen molar-refractivity contribution >= 4 is 43.9 Å². The first-order valence-electron chi connectivity index (χ1n) is 9.10. The molecule has 9 nitrogen and oxygen atoms in total. The first-order chi connectivity index (χ1) is 14.1. The van der Waals surface area contributed by atoms with E-state index < -0.39 is 10.1 Å². The largest absolute Gasteiger partial charge is 0.495 e. The maximum atomic E-state index is 9.19. The highest BCUT2D eigenvalue weighted by atomic mass is 79.9. The Kier molecular flexibility index (Phi) is 6.53. The lowest BCUT2D eigenvalue weighted by molar-refractivity contribution is 0.219. The van der Waals surface area contributed by atoms with Crippen LogP contribution in [-0.4, -0.2) is 42.4 Å². The fraction of sp³-hybridized carbons (Fsp3) is 0.368. The monoisotopic (exact) mass is 498 g/mol. The summed E-state index contributed by atoms with van der Waals surface area (Å²) in [6.07, 6.45) is 9.80. The van der Waals surface area contributed by atoms with E-state index in [0.717, 1.165) is 32.7 Å². The van der Waals surface area contributed by atoms with Crippen molar-refractivity contribution in [1.82, 2.24) is 9.97 Å². The summed E-state index contributed by atoms with van der Waals surface area (Å²) in [5.41, 5.74) is 14.5. The molecular weight excluding hydrogens is 476 g/mol. The molecule has 1 fully saturated rings. The normalized spacial score (nSPS) is 17.4. The van der Waals surface area contributed by atoms with E-state index in [2.05, 4.69) is 38.0 Å². The summed E-state index contributed by atoms with van der Waals surface area (Å²) in [6.45, 7) is 0. The number of anilines is 2. The van der Waals surface area contributed by atoms with Gasteiger partial charge < -0.3 is 20.9 Å². The number of halogens is 1. The average Bonchev–Trinajstić information content (AvgIpc) is 3.49. The molecule has 1 aliphatic carbocycles. The van der Waals surface area contributed by atoms with Gasteiger partial charge in [-0.15, -0.1) is 0 Å². The second-order valence-corrected chi connectivity index (χ2v) is 9.38. The number of nitrogens with zero attached hydrogens (tertiary/aromatic N) is 2. The molecule has 2 heterocycles. The Balaban J connectivity index is 0.000000461. The van der Waals surface area contributed by atoms with Gasteiger partial charge in [-0.05, 0) is 52.4 Å². The van der Waals surface area contributed by atoms with E-state index in [1.54, 1.807) is 13.3 Å². The molecule has 1 saturated carbocycles. The summed E-state index contributed by atoms with van der Waals surface area (Å²) >= 11 is 3.62. The third-order valence-corrected chi connectivity index (χ3v) is 5.37. The lowest BCUT2D eigenvalue weighted by Gasteiger charge is -2.25. The second-order valence-electron chi connectivity index (χ2n) is 7.12. The second kappa shape index (κ2) is 8.78. The number of rotatable bonds is 4. The zero-order valence-electron chi connectivity index (χ0n) is 16.5. The van der Waals surface area contributed by atoms with Crippen LogP contribution in [0.3, 0.4) is 0 Å². The molecule has 0 radical (unpaired) electrons.